The predicted octanol–water partition coefficient (Wildman–Crippen LogP) is 2.40. The molecule has 0 aliphatic rings. The largest absolute Gasteiger partial charge is 0.475 e. The Kier molecular flexibility index (Phi) is 3.08. The van der Waals surface area contributed by atoms with Crippen LogP contribution in [0.15, 0.2) is 12.1 Å². The molecule has 0 saturated carbocycles. The number of ketones is 1. The average molecular weight is 237 g/mol. The first kappa shape index (κ1) is 10.9. The van der Waals surface area contributed by atoms with Crippen molar-refractivity contribution in [2.75, 3.05) is 0 Å². The lowest BCUT2D eigenvalue weighted by Crippen LogP contribution is -2.13. The predicted molar refractivity (Wildman–Crippen MR) is 48.4 cm³/mol. The van der Waals surface area contributed by atoms with Gasteiger partial charge in [0.2, 0.25) is 0 Å². The lowest BCUT2D eigenvalue weighted by Gasteiger charge is -2.01. The van der Waals surface area contributed by atoms with Crippen LogP contribution in [0.2, 0.25) is 10.0 Å². The van der Waals surface area contributed by atoms with Crippen molar-refractivity contribution in [1.82, 2.24) is 0 Å². The summed E-state index contributed by atoms with van der Waals surface area (Å²) in [5.74, 6) is -3.86. The summed E-state index contributed by atoms with van der Waals surface area (Å²) < 4.78 is 12.8. The maximum atomic E-state index is 12.8. The number of benzene rings is 1. The standard InChI is InChI=1S/C8H3Cl2FO3/c9-4-2-5(10)6(11)1-3(4)7(12)8(13)14/h1-2H,(H,13,14). The fourth-order valence-electron chi connectivity index (χ4n) is 0.812. The van der Waals surface area contributed by atoms with Gasteiger partial charge in [-0.15, -0.1) is 0 Å². The summed E-state index contributed by atoms with van der Waals surface area (Å²) >= 11 is 10.9. The maximum Gasteiger partial charge on any atom is 0.377 e. The summed E-state index contributed by atoms with van der Waals surface area (Å²) in [7, 11) is 0. The van der Waals surface area contributed by atoms with E-state index in [1.807, 2.05) is 0 Å². The van der Waals surface area contributed by atoms with E-state index in [-0.39, 0.29) is 10.0 Å². The van der Waals surface area contributed by atoms with Crippen LogP contribution in [0, 0.1) is 5.82 Å². The number of rotatable bonds is 2. The minimum atomic E-state index is -1.70. The Bertz CT molecular complexity index is 417. The van der Waals surface area contributed by atoms with Crippen molar-refractivity contribution in [1.29, 1.82) is 0 Å². The number of halogens is 3. The van der Waals surface area contributed by atoms with Gasteiger partial charge in [-0.25, -0.2) is 9.18 Å². The Morgan fingerprint density at radius 2 is 1.79 bits per heavy atom. The normalized spacial score (nSPS) is 9.93. The van der Waals surface area contributed by atoms with E-state index in [1.54, 1.807) is 0 Å². The molecular weight excluding hydrogens is 234 g/mol. The molecule has 1 rings (SSSR count). The molecule has 0 unspecified atom stereocenters. The molecule has 0 aliphatic heterocycles. The second kappa shape index (κ2) is 3.94. The zero-order valence-corrected chi connectivity index (χ0v) is 8.06. The van der Waals surface area contributed by atoms with Gasteiger partial charge in [0.05, 0.1) is 15.6 Å². The molecule has 6 heteroatoms. The number of carbonyl (C=O) groups excluding carboxylic acids is 1. The van der Waals surface area contributed by atoms with Crippen molar-refractivity contribution in [3.05, 3.63) is 33.6 Å². The minimum Gasteiger partial charge on any atom is -0.475 e. The molecule has 0 fully saturated rings. The lowest BCUT2D eigenvalue weighted by atomic mass is 10.1. The topological polar surface area (TPSA) is 54.4 Å². The molecule has 0 radical (unpaired) electrons. The van der Waals surface area contributed by atoms with E-state index < -0.39 is 23.1 Å². The SMILES string of the molecule is O=C(O)C(=O)c1cc(F)c(Cl)cc1Cl. The molecule has 0 aliphatic carbocycles. The van der Waals surface area contributed by atoms with E-state index in [1.165, 1.54) is 0 Å². The molecule has 14 heavy (non-hydrogen) atoms. The van der Waals surface area contributed by atoms with Gasteiger partial charge in [-0.05, 0) is 12.1 Å². The van der Waals surface area contributed by atoms with E-state index in [4.69, 9.17) is 28.3 Å². The molecule has 0 amide bonds. The van der Waals surface area contributed by atoms with Gasteiger partial charge in [0, 0.05) is 0 Å². The Hall–Kier alpha value is -1.13. The highest BCUT2D eigenvalue weighted by Crippen LogP contribution is 2.24. The van der Waals surface area contributed by atoms with Crippen molar-refractivity contribution in [2.24, 2.45) is 0 Å². The molecule has 1 aromatic carbocycles. The van der Waals surface area contributed by atoms with E-state index in [2.05, 4.69) is 0 Å². The van der Waals surface area contributed by atoms with Gasteiger partial charge < -0.3 is 5.11 Å². The smallest absolute Gasteiger partial charge is 0.377 e. The molecule has 0 saturated heterocycles. The van der Waals surface area contributed by atoms with Crippen LogP contribution in [0.25, 0.3) is 0 Å². The van der Waals surface area contributed by atoms with Crippen molar-refractivity contribution < 1.29 is 19.1 Å². The van der Waals surface area contributed by atoms with Crippen LogP contribution in [-0.2, 0) is 4.79 Å². The molecule has 0 heterocycles. The molecule has 0 atom stereocenters. The van der Waals surface area contributed by atoms with Crippen molar-refractivity contribution in [3.8, 4) is 0 Å². The molecular formula is C8H3Cl2FO3. The van der Waals surface area contributed by atoms with Crippen LogP contribution < -0.4 is 0 Å². The van der Waals surface area contributed by atoms with Crippen molar-refractivity contribution in [2.45, 2.75) is 0 Å². The Morgan fingerprint density at radius 3 is 2.29 bits per heavy atom. The Labute approximate surface area is 88.1 Å². The van der Waals surface area contributed by atoms with Crippen molar-refractivity contribution in [3.63, 3.8) is 0 Å². The van der Waals surface area contributed by atoms with Gasteiger partial charge in [-0.2, -0.15) is 0 Å². The Morgan fingerprint density at radius 1 is 1.21 bits per heavy atom. The van der Waals surface area contributed by atoms with Crippen LogP contribution in [0.3, 0.4) is 0 Å². The Balaban J connectivity index is 3.29. The van der Waals surface area contributed by atoms with Crippen LogP contribution >= 0.6 is 23.2 Å². The quantitative estimate of drug-likeness (QED) is 0.488. The van der Waals surface area contributed by atoms with Crippen LogP contribution in [0.1, 0.15) is 10.4 Å². The fraction of sp³-hybridized carbons (Fsp3) is 0. The molecule has 0 bridgehead atoms. The third-order valence-electron chi connectivity index (χ3n) is 1.45. The fourth-order valence-corrected chi connectivity index (χ4v) is 1.28. The van der Waals surface area contributed by atoms with Crippen LogP contribution in [-0.4, -0.2) is 16.9 Å². The van der Waals surface area contributed by atoms with E-state index >= 15 is 0 Å². The second-order valence-electron chi connectivity index (χ2n) is 2.38. The highest BCUT2D eigenvalue weighted by atomic mass is 35.5. The van der Waals surface area contributed by atoms with Gasteiger partial charge in [0.1, 0.15) is 5.82 Å². The lowest BCUT2D eigenvalue weighted by molar-refractivity contribution is -0.131. The number of hydrogen-bond donors (Lipinski definition) is 1. The summed E-state index contributed by atoms with van der Waals surface area (Å²) in [6, 6.07) is 1.68. The summed E-state index contributed by atoms with van der Waals surface area (Å²) in [6.45, 7) is 0. The molecule has 0 aromatic heterocycles. The van der Waals surface area contributed by atoms with E-state index in [0.717, 1.165) is 6.07 Å². The van der Waals surface area contributed by atoms with Gasteiger partial charge in [0.15, 0.2) is 0 Å². The van der Waals surface area contributed by atoms with Crippen LogP contribution in [0.5, 0.6) is 0 Å². The number of carboxylic acids is 1. The summed E-state index contributed by atoms with van der Waals surface area (Å²) in [4.78, 5) is 21.2. The zero-order chi connectivity index (χ0) is 10.9. The first-order chi connectivity index (χ1) is 6.43. The molecule has 3 nitrogen and oxygen atoms in total. The molecule has 0 spiro atoms. The first-order valence-electron chi connectivity index (χ1n) is 3.35. The summed E-state index contributed by atoms with van der Waals surface area (Å²) in [5, 5.41) is 7.90. The van der Waals surface area contributed by atoms with Crippen molar-refractivity contribution >= 4 is 35.0 Å². The number of Topliss-reactive ketones (excluding diaryl/α,β-unsaturated/α-hetero) is 1. The maximum absolute atomic E-state index is 12.8. The summed E-state index contributed by atoms with van der Waals surface area (Å²) in [5.41, 5.74) is -0.416. The van der Waals surface area contributed by atoms with Crippen LogP contribution in [0.4, 0.5) is 4.39 Å². The molecule has 74 valence electrons. The van der Waals surface area contributed by atoms with E-state index in [0.29, 0.717) is 6.07 Å². The van der Waals surface area contributed by atoms with Gasteiger partial charge in [-0.3, -0.25) is 4.79 Å². The number of carbonyl (C=O) groups is 2. The monoisotopic (exact) mass is 236 g/mol. The zero-order valence-electron chi connectivity index (χ0n) is 6.55. The molecule has 1 aromatic rings. The average Bonchev–Trinajstić information content (AvgIpc) is 2.10. The first-order valence-corrected chi connectivity index (χ1v) is 4.11. The van der Waals surface area contributed by atoms with E-state index in [9.17, 15) is 14.0 Å². The highest BCUT2D eigenvalue weighted by Gasteiger charge is 2.19. The third-order valence-corrected chi connectivity index (χ3v) is 2.05. The third kappa shape index (κ3) is 2.02. The number of hydrogen-bond acceptors (Lipinski definition) is 2. The number of carboxylic acid groups (broad SMARTS) is 1. The van der Waals surface area contributed by atoms with Gasteiger partial charge in [0.25, 0.3) is 5.78 Å². The minimum absolute atomic E-state index is 0.191. The number of aliphatic carboxylic acids is 1. The molecule has 1 N–H and O–H groups in total. The summed E-state index contributed by atoms with van der Waals surface area (Å²) in [6.07, 6.45) is 0. The highest BCUT2D eigenvalue weighted by molar-refractivity contribution is 6.45. The van der Waals surface area contributed by atoms with Gasteiger partial charge in [-0.1, -0.05) is 23.2 Å². The second-order valence-corrected chi connectivity index (χ2v) is 3.19. The van der Waals surface area contributed by atoms with Gasteiger partial charge >= 0.3 is 5.97 Å².